The van der Waals surface area contributed by atoms with Gasteiger partial charge < -0.3 is 0 Å². The van der Waals surface area contributed by atoms with Crippen molar-refractivity contribution < 1.29 is 25.2 Å². The summed E-state index contributed by atoms with van der Waals surface area (Å²) in [5.74, 6) is 0. The van der Waals surface area contributed by atoms with Crippen molar-refractivity contribution in [1.82, 2.24) is 0 Å². The van der Waals surface area contributed by atoms with E-state index < -0.39 is 31.6 Å². The van der Waals surface area contributed by atoms with Crippen molar-refractivity contribution in [3.8, 4) is 0 Å². The van der Waals surface area contributed by atoms with E-state index in [1.165, 1.54) is 0 Å². The molecular formula is C4H6O6S2. The van der Waals surface area contributed by atoms with Gasteiger partial charge in [0.1, 0.15) is 0 Å². The van der Waals surface area contributed by atoms with E-state index in [0.717, 1.165) is 6.08 Å². The molecule has 1 rings (SSSR count). The molecule has 0 aliphatic carbocycles. The molecule has 0 radical (unpaired) electrons. The van der Waals surface area contributed by atoms with Gasteiger partial charge in [-0.1, -0.05) is 6.08 Å². The maximum atomic E-state index is 10.9. The van der Waals surface area contributed by atoms with Gasteiger partial charge in [-0.25, -0.2) is 8.37 Å². The molecule has 8 heteroatoms. The number of hydrogen-bond acceptors (Lipinski definition) is 6. The van der Waals surface area contributed by atoms with Crippen molar-refractivity contribution in [3.63, 3.8) is 0 Å². The maximum Gasteiger partial charge on any atom is 0.293 e. The van der Waals surface area contributed by atoms with Gasteiger partial charge in [-0.3, -0.25) is 0 Å². The molecule has 1 aliphatic rings. The summed E-state index contributed by atoms with van der Waals surface area (Å²) in [6.45, 7) is 2.26. The van der Waals surface area contributed by atoms with Crippen molar-refractivity contribution in [2.45, 2.75) is 4.58 Å². The second-order valence-electron chi connectivity index (χ2n) is 1.94. The Morgan fingerprint density at radius 1 is 1.17 bits per heavy atom. The standard InChI is InChI=1S/C4H6O6S2/c1-2-4-11(5,6)9-3-10-12(4,7)8/h2,4H,1,3H2. The Hall–Kier alpha value is -0.440. The molecule has 6 nitrogen and oxygen atoms in total. The molecule has 1 fully saturated rings. The monoisotopic (exact) mass is 214 g/mol. The minimum atomic E-state index is -4.11. The zero-order chi connectivity index (χ0) is 9.41. The van der Waals surface area contributed by atoms with Gasteiger partial charge in [0.05, 0.1) is 0 Å². The highest BCUT2D eigenvalue weighted by Gasteiger charge is 2.41. The first-order valence-corrected chi connectivity index (χ1v) is 5.73. The van der Waals surface area contributed by atoms with Crippen LogP contribution in [0.3, 0.4) is 0 Å². The van der Waals surface area contributed by atoms with E-state index in [0.29, 0.717) is 0 Å². The summed E-state index contributed by atoms with van der Waals surface area (Å²) in [6, 6.07) is 0. The van der Waals surface area contributed by atoms with Gasteiger partial charge in [0.15, 0.2) is 6.79 Å². The minimum Gasteiger partial charge on any atom is -0.239 e. The van der Waals surface area contributed by atoms with Crippen LogP contribution in [0.1, 0.15) is 0 Å². The first-order valence-electron chi connectivity index (χ1n) is 2.79. The summed E-state index contributed by atoms with van der Waals surface area (Å²) >= 11 is 0. The molecule has 0 amide bonds. The summed E-state index contributed by atoms with van der Waals surface area (Å²) in [7, 11) is -8.22. The normalized spacial score (nSPS) is 28.0. The predicted molar refractivity (Wildman–Crippen MR) is 38.9 cm³/mol. The highest BCUT2D eigenvalue weighted by Crippen LogP contribution is 2.19. The molecule has 70 valence electrons. The molecule has 0 bridgehead atoms. The average Bonchev–Trinajstić information content (AvgIpc) is 1.83. The topological polar surface area (TPSA) is 86.7 Å². The van der Waals surface area contributed by atoms with Gasteiger partial charge in [-0.05, 0) is 0 Å². The largest absolute Gasteiger partial charge is 0.293 e. The third-order valence-corrected chi connectivity index (χ3v) is 4.97. The summed E-state index contributed by atoms with van der Waals surface area (Å²) in [5.41, 5.74) is 0. The van der Waals surface area contributed by atoms with Gasteiger partial charge in [-0.2, -0.15) is 16.8 Å². The van der Waals surface area contributed by atoms with Crippen molar-refractivity contribution in [3.05, 3.63) is 12.7 Å². The lowest BCUT2D eigenvalue weighted by Crippen LogP contribution is -2.37. The number of rotatable bonds is 1. The fourth-order valence-electron chi connectivity index (χ4n) is 0.668. The smallest absolute Gasteiger partial charge is 0.239 e. The molecule has 0 saturated carbocycles. The molecule has 0 unspecified atom stereocenters. The first kappa shape index (κ1) is 9.65. The third-order valence-electron chi connectivity index (χ3n) is 1.19. The molecular weight excluding hydrogens is 208 g/mol. The fraction of sp³-hybridized carbons (Fsp3) is 0.500. The Labute approximate surface area is 70.0 Å². The van der Waals surface area contributed by atoms with Gasteiger partial charge in [-0.15, -0.1) is 6.58 Å². The summed E-state index contributed by atoms with van der Waals surface area (Å²) < 4.78 is 49.9. The second-order valence-corrected chi connectivity index (χ2v) is 5.70. The van der Waals surface area contributed by atoms with Crippen LogP contribution in [0.4, 0.5) is 0 Å². The minimum absolute atomic E-state index is 0.740. The lowest BCUT2D eigenvalue weighted by molar-refractivity contribution is 0.121. The molecule has 12 heavy (non-hydrogen) atoms. The third kappa shape index (κ3) is 1.51. The van der Waals surface area contributed by atoms with E-state index in [9.17, 15) is 16.8 Å². The van der Waals surface area contributed by atoms with Gasteiger partial charge in [0.25, 0.3) is 20.2 Å². The van der Waals surface area contributed by atoms with Gasteiger partial charge in [0, 0.05) is 0 Å². The highest BCUT2D eigenvalue weighted by atomic mass is 32.3. The first-order chi connectivity index (χ1) is 5.40. The Bertz CT molecular complexity index is 342. The summed E-state index contributed by atoms with van der Waals surface area (Å²) in [6.07, 6.45) is 0.740. The quantitative estimate of drug-likeness (QED) is 0.418. The molecule has 1 saturated heterocycles. The van der Waals surface area contributed by atoms with Crippen LogP contribution in [0.25, 0.3) is 0 Å². The van der Waals surface area contributed by atoms with Crippen LogP contribution < -0.4 is 0 Å². The maximum absolute atomic E-state index is 10.9. The predicted octanol–water partition coefficient (Wildman–Crippen LogP) is -0.838. The van der Waals surface area contributed by atoms with E-state index in [-0.39, 0.29) is 0 Å². The van der Waals surface area contributed by atoms with Crippen LogP contribution in [0, 0.1) is 0 Å². The number of hydrogen-bond donors (Lipinski definition) is 0. The highest BCUT2D eigenvalue weighted by molar-refractivity contribution is 8.05. The molecule has 0 atom stereocenters. The Morgan fingerprint density at radius 3 is 1.83 bits per heavy atom. The van der Waals surface area contributed by atoms with Crippen molar-refractivity contribution in [1.29, 1.82) is 0 Å². The van der Waals surface area contributed by atoms with E-state index in [4.69, 9.17) is 0 Å². The summed E-state index contributed by atoms with van der Waals surface area (Å²) in [4.78, 5) is 0. The van der Waals surface area contributed by atoms with Crippen molar-refractivity contribution in [2.75, 3.05) is 6.79 Å². The zero-order valence-electron chi connectivity index (χ0n) is 5.83. The van der Waals surface area contributed by atoms with Crippen LogP contribution in [-0.2, 0) is 28.6 Å². The SMILES string of the molecule is C=CC1S(=O)(=O)OCOS1(=O)=O. The Balaban J connectivity index is 3.24. The van der Waals surface area contributed by atoms with Crippen LogP contribution >= 0.6 is 0 Å². The van der Waals surface area contributed by atoms with Crippen LogP contribution in [0.15, 0.2) is 12.7 Å². The van der Waals surface area contributed by atoms with E-state index in [1.54, 1.807) is 0 Å². The Morgan fingerprint density at radius 2 is 1.58 bits per heavy atom. The van der Waals surface area contributed by atoms with Crippen LogP contribution in [-0.4, -0.2) is 28.2 Å². The molecule has 0 aromatic heterocycles. The van der Waals surface area contributed by atoms with Gasteiger partial charge >= 0.3 is 0 Å². The molecule has 1 heterocycles. The molecule has 1 aliphatic heterocycles. The van der Waals surface area contributed by atoms with E-state index in [1.807, 2.05) is 0 Å². The molecule has 0 aromatic rings. The lowest BCUT2D eigenvalue weighted by atomic mass is 10.8. The second kappa shape index (κ2) is 2.80. The van der Waals surface area contributed by atoms with Crippen molar-refractivity contribution >= 4 is 20.2 Å². The Kier molecular flexibility index (Phi) is 2.25. The van der Waals surface area contributed by atoms with Crippen LogP contribution in [0.5, 0.6) is 0 Å². The average molecular weight is 214 g/mol. The summed E-state index contributed by atoms with van der Waals surface area (Å²) in [5, 5.41) is 0. The van der Waals surface area contributed by atoms with Crippen molar-refractivity contribution in [2.24, 2.45) is 0 Å². The molecule has 0 aromatic carbocycles. The molecule has 0 N–H and O–H groups in total. The van der Waals surface area contributed by atoms with E-state index >= 15 is 0 Å². The van der Waals surface area contributed by atoms with E-state index in [2.05, 4.69) is 14.9 Å². The van der Waals surface area contributed by atoms with Crippen LogP contribution in [0.2, 0.25) is 0 Å². The lowest BCUT2D eigenvalue weighted by Gasteiger charge is -2.18. The zero-order valence-corrected chi connectivity index (χ0v) is 7.47. The molecule has 0 spiro atoms. The van der Waals surface area contributed by atoms with Gasteiger partial charge in [0.2, 0.25) is 4.58 Å². The fourth-order valence-corrected chi connectivity index (χ4v) is 3.32.